The number of aliphatic imine (C=N–C) groups is 1. The number of para-hydroxylation sites is 2. The van der Waals surface area contributed by atoms with Crippen molar-refractivity contribution in [1.29, 1.82) is 0 Å². The number of ether oxygens (including phenoxy) is 1. The van der Waals surface area contributed by atoms with Gasteiger partial charge in [0.25, 0.3) is 0 Å². The Hall–Kier alpha value is -1.96. The predicted molar refractivity (Wildman–Crippen MR) is 69.5 cm³/mol. The fraction of sp³-hybridized carbons (Fsp3) is 0.417. The van der Waals surface area contributed by atoms with Crippen LogP contribution in [0.25, 0.3) is 0 Å². The third-order valence-electron chi connectivity index (χ3n) is 2.26. The van der Waals surface area contributed by atoms with Gasteiger partial charge in [-0.2, -0.15) is 0 Å². The van der Waals surface area contributed by atoms with Gasteiger partial charge in [-0.15, -0.1) is 13.2 Å². The summed E-state index contributed by atoms with van der Waals surface area (Å²) >= 11 is 0. The smallest absolute Gasteiger partial charge is 0.404 e. The Labute approximate surface area is 114 Å². The van der Waals surface area contributed by atoms with Crippen LogP contribution in [0.15, 0.2) is 29.3 Å². The number of nitrogens with one attached hydrogen (secondary N) is 1. The molecule has 1 aromatic rings. The molecule has 0 radical (unpaired) electrons. The molecule has 0 heterocycles. The Balaban J connectivity index is 2.77. The quantitative estimate of drug-likeness (QED) is 0.572. The summed E-state index contributed by atoms with van der Waals surface area (Å²) in [5, 5.41) is 11.4. The summed E-state index contributed by atoms with van der Waals surface area (Å²) < 4.78 is 40.5. The average molecular weight is 291 g/mol. The molecule has 0 aromatic heterocycles. The lowest BCUT2D eigenvalue weighted by atomic mass is 10.2. The zero-order valence-corrected chi connectivity index (χ0v) is 10.8. The van der Waals surface area contributed by atoms with E-state index < -0.39 is 12.1 Å². The zero-order chi connectivity index (χ0) is 15.2. The molecule has 112 valence electrons. The maximum Gasteiger partial charge on any atom is 0.573 e. The SMILES string of the molecule is CC(CO)CN=C(N)Nc1ccccc1OC(F)(F)F. The van der Waals surface area contributed by atoms with Crippen molar-refractivity contribution in [3.05, 3.63) is 24.3 Å². The Kier molecular flexibility index (Phi) is 5.63. The highest BCUT2D eigenvalue weighted by Crippen LogP contribution is 2.29. The molecule has 4 N–H and O–H groups in total. The fourth-order valence-corrected chi connectivity index (χ4v) is 1.27. The molecule has 1 rings (SSSR count). The Morgan fingerprint density at radius 2 is 2.10 bits per heavy atom. The first-order chi connectivity index (χ1) is 9.31. The average Bonchev–Trinajstić information content (AvgIpc) is 2.36. The molecule has 20 heavy (non-hydrogen) atoms. The van der Waals surface area contributed by atoms with E-state index in [0.717, 1.165) is 0 Å². The lowest BCUT2D eigenvalue weighted by molar-refractivity contribution is -0.274. The monoisotopic (exact) mass is 291 g/mol. The van der Waals surface area contributed by atoms with Crippen molar-refractivity contribution in [2.75, 3.05) is 18.5 Å². The summed E-state index contributed by atoms with van der Waals surface area (Å²) in [5.74, 6) is -0.533. The number of benzene rings is 1. The standard InChI is InChI=1S/C12H16F3N3O2/c1-8(7-19)6-17-11(16)18-9-4-2-3-5-10(9)20-12(13,14)15/h2-5,8,19H,6-7H2,1H3,(H3,16,17,18). The number of alkyl halides is 3. The van der Waals surface area contributed by atoms with Crippen molar-refractivity contribution in [3.8, 4) is 5.75 Å². The third-order valence-corrected chi connectivity index (χ3v) is 2.26. The summed E-state index contributed by atoms with van der Waals surface area (Å²) in [6.07, 6.45) is -4.78. The van der Waals surface area contributed by atoms with Gasteiger partial charge in [-0.25, -0.2) is 0 Å². The molecule has 1 unspecified atom stereocenters. The van der Waals surface area contributed by atoms with Gasteiger partial charge in [0.05, 0.1) is 5.69 Å². The van der Waals surface area contributed by atoms with Crippen LogP contribution >= 0.6 is 0 Å². The minimum absolute atomic E-state index is 0.0510. The van der Waals surface area contributed by atoms with E-state index in [4.69, 9.17) is 10.8 Å². The van der Waals surface area contributed by atoms with Crippen LogP contribution in [0, 0.1) is 5.92 Å². The Bertz CT molecular complexity index is 464. The van der Waals surface area contributed by atoms with Gasteiger partial charge >= 0.3 is 6.36 Å². The van der Waals surface area contributed by atoms with Gasteiger partial charge in [0.1, 0.15) is 0 Å². The molecule has 0 saturated carbocycles. The molecule has 0 saturated heterocycles. The van der Waals surface area contributed by atoms with E-state index in [2.05, 4.69) is 15.0 Å². The second kappa shape index (κ2) is 6.99. The molecule has 0 bridgehead atoms. The van der Waals surface area contributed by atoms with E-state index in [1.165, 1.54) is 24.3 Å². The Morgan fingerprint density at radius 1 is 1.45 bits per heavy atom. The van der Waals surface area contributed by atoms with Crippen LogP contribution in [0.4, 0.5) is 18.9 Å². The van der Waals surface area contributed by atoms with E-state index in [0.29, 0.717) is 0 Å². The summed E-state index contributed by atoms with van der Waals surface area (Å²) in [6.45, 7) is 1.97. The van der Waals surface area contributed by atoms with Gasteiger partial charge in [0, 0.05) is 13.2 Å². The van der Waals surface area contributed by atoms with Crippen LogP contribution in [-0.4, -0.2) is 30.6 Å². The Morgan fingerprint density at radius 3 is 2.70 bits per heavy atom. The van der Waals surface area contributed by atoms with Crippen molar-refractivity contribution in [1.82, 2.24) is 0 Å². The van der Waals surface area contributed by atoms with Crippen LogP contribution in [0.3, 0.4) is 0 Å². The van der Waals surface area contributed by atoms with Crippen LogP contribution in [-0.2, 0) is 0 Å². The summed E-state index contributed by atoms with van der Waals surface area (Å²) in [6, 6.07) is 5.50. The first-order valence-corrected chi connectivity index (χ1v) is 5.84. The number of guanidine groups is 1. The van der Waals surface area contributed by atoms with Crippen LogP contribution in [0.1, 0.15) is 6.92 Å². The largest absolute Gasteiger partial charge is 0.573 e. The van der Waals surface area contributed by atoms with Crippen LogP contribution in [0.5, 0.6) is 5.75 Å². The van der Waals surface area contributed by atoms with E-state index >= 15 is 0 Å². The number of halogens is 3. The highest BCUT2D eigenvalue weighted by Gasteiger charge is 2.32. The van der Waals surface area contributed by atoms with Crippen LogP contribution in [0.2, 0.25) is 0 Å². The molecule has 1 atom stereocenters. The van der Waals surface area contributed by atoms with Gasteiger partial charge in [-0.1, -0.05) is 19.1 Å². The molecule has 0 amide bonds. The number of nitrogens with two attached hydrogens (primary N) is 1. The number of hydrogen-bond acceptors (Lipinski definition) is 3. The minimum atomic E-state index is -4.78. The van der Waals surface area contributed by atoms with E-state index in [-0.39, 0.29) is 30.7 Å². The molecule has 0 aliphatic rings. The third kappa shape index (κ3) is 5.79. The molecule has 8 heteroatoms. The van der Waals surface area contributed by atoms with E-state index in [1.54, 1.807) is 6.92 Å². The highest BCUT2D eigenvalue weighted by molar-refractivity contribution is 5.93. The number of aliphatic hydroxyl groups is 1. The summed E-state index contributed by atoms with van der Waals surface area (Å²) in [7, 11) is 0. The highest BCUT2D eigenvalue weighted by atomic mass is 19.4. The lowest BCUT2D eigenvalue weighted by Gasteiger charge is -2.14. The molecular formula is C12H16F3N3O2. The topological polar surface area (TPSA) is 79.9 Å². The normalized spacial score (nSPS) is 13.9. The van der Waals surface area contributed by atoms with Crippen molar-refractivity contribution >= 4 is 11.6 Å². The number of anilines is 1. The number of hydrogen-bond donors (Lipinski definition) is 3. The zero-order valence-electron chi connectivity index (χ0n) is 10.8. The molecular weight excluding hydrogens is 275 g/mol. The predicted octanol–water partition coefficient (Wildman–Crippen LogP) is 1.94. The van der Waals surface area contributed by atoms with Gasteiger partial charge < -0.3 is 20.9 Å². The van der Waals surface area contributed by atoms with Crippen molar-refractivity contribution < 1.29 is 23.0 Å². The first-order valence-electron chi connectivity index (χ1n) is 5.84. The summed E-state index contributed by atoms with van der Waals surface area (Å²) in [4.78, 5) is 3.91. The van der Waals surface area contributed by atoms with Gasteiger partial charge in [0.2, 0.25) is 0 Å². The number of aliphatic hydroxyl groups excluding tert-OH is 1. The van der Waals surface area contributed by atoms with Crippen LogP contribution < -0.4 is 15.8 Å². The van der Waals surface area contributed by atoms with Crippen molar-refractivity contribution in [3.63, 3.8) is 0 Å². The molecule has 0 spiro atoms. The van der Waals surface area contributed by atoms with Gasteiger partial charge in [-0.05, 0) is 18.1 Å². The maximum absolute atomic E-state index is 12.2. The van der Waals surface area contributed by atoms with Gasteiger partial charge in [-0.3, -0.25) is 4.99 Å². The lowest BCUT2D eigenvalue weighted by Crippen LogP contribution is -2.25. The number of nitrogens with zero attached hydrogens (tertiary/aromatic N) is 1. The fourth-order valence-electron chi connectivity index (χ4n) is 1.27. The molecule has 0 fully saturated rings. The molecule has 0 aliphatic carbocycles. The molecule has 5 nitrogen and oxygen atoms in total. The number of rotatable bonds is 5. The van der Waals surface area contributed by atoms with E-state index in [1.807, 2.05) is 0 Å². The summed E-state index contributed by atoms with van der Waals surface area (Å²) in [5.41, 5.74) is 5.62. The second-order valence-corrected chi connectivity index (χ2v) is 4.18. The second-order valence-electron chi connectivity index (χ2n) is 4.18. The van der Waals surface area contributed by atoms with Crippen molar-refractivity contribution in [2.24, 2.45) is 16.6 Å². The molecule has 0 aliphatic heterocycles. The van der Waals surface area contributed by atoms with E-state index in [9.17, 15) is 13.2 Å². The first kappa shape index (κ1) is 16.1. The minimum Gasteiger partial charge on any atom is -0.404 e. The van der Waals surface area contributed by atoms with Gasteiger partial charge in [0.15, 0.2) is 11.7 Å². The molecule has 1 aromatic carbocycles. The van der Waals surface area contributed by atoms with Crippen molar-refractivity contribution in [2.45, 2.75) is 13.3 Å². The maximum atomic E-state index is 12.2.